The number of carboxylic acid groups (broad SMARTS) is 1. The first-order valence-electron chi connectivity index (χ1n) is 7.59. The van der Waals surface area contributed by atoms with Gasteiger partial charge in [0.1, 0.15) is 6.04 Å². The van der Waals surface area contributed by atoms with Gasteiger partial charge in [-0.2, -0.15) is 0 Å². The average Bonchev–Trinajstić information content (AvgIpc) is 3.31. The summed E-state index contributed by atoms with van der Waals surface area (Å²) in [4.78, 5) is 30.2. The standard InChI is InChI=1S/C16H20N2O3/c1-10-5-8-12(14(17-10)11-6-7-11)15(19)18-9-3-2-4-13(18)16(20)21/h5,8,11,13H,2-4,6-7,9H2,1H3,(H,20,21)/t13-/m1/s1. The number of carbonyl (C=O) groups excluding carboxylic acids is 1. The first-order valence-corrected chi connectivity index (χ1v) is 7.59. The minimum atomic E-state index is -0.906. The van der Waals surface area contributed by atoms with Crippen LogP contribution in [0.3, 0.4) is 0 Å². The Balaban J connectivity index is 1.92. The molecule has 0 bridgehead atoms. The van der Waals surface area contributed by atoms with Crippen molar-refractivity contribution in [3.05, 3.63) is 29.1 Å². The second kappa shape index (κ2) is 5.47. The molecule has 3 rings (SSSR count). The number of rotatable bonds is 3. The van der Waals surface area contributed by atoms with Gasteiger partial charge in [0.25, 0.3) is 5.91 Å². The van der Waals surface area contributed by atoms with Crippen LogP contribution in [-0.2, 0) is 4.79 Å². The lowest BCUT2D eigenvalue weighted by atomic mass is 9.99. The number of amides is 1. The molecule has 2 heterocycles. The summed E-state index contributed by atoms with van der Waals surface area (Å²) in [6.45, 7) is 2.44. The molecule has 1 aliphatic heterocycles. The highest BCUT2D eigenvalue weighted by molar-refractivity contribution is 5.98. The van der Waals surface area contributed by atoms with Gasteiger partial charge in [0.15, 0.2) is 0 Å². The van der Waals surface area contributed by atoms with Crippen LogP contribution in [0.5, 0.6) is 0 Å². The Kier molecular flexibility index (Phi) is 3.66. The maximum Gasteiger partial charge on any atom is 0.326 e. The number of hydrogen-bond donors (Lipinski definition) is 1. The molecule has 1 aromatic heterocycles. The number of aliphatic carboxylic acids is 1. The fraction of sp³-hybridized carbons (Fsp3) is 0.562. The summed E-state index contributed by atoms with van der Waals surface area (Å²) in [5.74, 6) is -0.704. The van der Waals surface area contributed by atoms with Gasteiger partial charge >= 0.3 is 5.97 Å². The van der Waals surface area contributed by atoms with Gasteiger partial charge < -0.3 is 10.0 Å². The van der Waals surface area contributed by atoms with Gasteiger partial charge in [0.2, 0.25) is 0 Å². The predicted octanol–water partition coefficient (Wildman–Crippen LogP) is 2.35. The van der Waals surface area contributed by atoms with E-state index in [4.69, 9.17) is 0 Å². The molecule has 1 aromatic rings. The number of nitrogens with zero attached hydrogens (tertiary/aromatic N) is 2. The number of carbonyl (C=O) groups is 2. The maximum absolute atomic E-state index is 12.8. The second-order valence-electron chi connectivity index (χ2n) is 6.01. The molecule has 0 aromatic carbocycles. The molecule has 2 aliphatic rings. The van der Waals surface area contributed by atoms with Crippen LogP contribution in [0.25, 0.3) is 0 Å². The quantitative estimate of drug-likeness (QED) is 0.926. The first kappa shape index (κ1) is 14.0. The van der Waals surface area contributed by atoms with Crippen molar-refractivity contribution in [3.63, 3.8) is 0 Å². The molecular formula is C16H20N2O3. The summed E-state index contributed by atoms with van der Waals surface area (Å²) >= 11 is 0. The van der Waals surface area contributed by atoms with Gasteiger partial charge in [0.05, 0.1) is 11.3 Å². The molecule has 21 heavy (non-hydrogen) atoms. The van der Waals surface area contributed by atoms with Crippen LogP contribution in [0.15, 0.2) is 12.1 Å². The van der Waals surface area contributed by atoms with Crippen molar-refractivity contribution < 1.29 is 14.7 Å². The molecule has 5 heteroatoms. The highest BCUT2D eigenvalue weighted by atomic mass is 16.4. The van der Waals surface area contributed by atoms with Gasteiger partial charge in [-0.1, -0.05) is 0 Å². The Labute approximate surface area is 124 Å². The molecule has 1 aliphatic carbocycles. The molecule has 1 atom stereocenters. The molecule has 0 unspecified atom stereocenters. The van der Waals surface area contributed by atoms with Crippen LogP contribution < -0.4 is 0 Å². The predicted molar refractivity (Wildman–Crippen MR) is 77.3 cm³/mol. The van der Waals surface area contributed by atoms with Gasteiger partial charge in [-0.05, 0) is 51.2 Å². The van der Waals surface area contributed by atoms with Crippen molar-refractivity contribution in [2.75, 3.05) is 6.54 Å². The summed E-state index contributed by atoms with van der Waals surface area (Å²) in [5.41, 5.74) is 2.35. The Morgan fingerprint density at radius 1 is 1.24 bits per heavy atom. The van der Waals surface area contributed by atoms with E-state index in [0.717, 1.165) is 37.1 Å². The van der Waals surface area contributed by atoms with E-state index >= 15 is 0 Å². The first-order chi connectivity index (χ1) is 10.1. The molecule has 112 valence electrons. The molecule has 0 spiro atoms. The van der Waals surface area contributed by atoms with E-state index in [2.05, 4.69) is 4.98 Å². The normalized spacial score (nSPS) is 22.1. The summed E-state index contributed by atoms with van der Waals surface area (Å²) < 4.78 is 0. The van der Waals surface area contributed by atoms with Gasteiger partial charge in [-0.3, -0.25) is 9.78 Å². The van der Waals surface area contributed by atoms with Crippen molar-refractivity contribution in [1.29, 1.82) is 0 Å². The van der Waals surface area contributed by atoms with Crippen LogP contribution in [0.4, 0.5) is 0 Å². The summed E-state index contributed by atoms with van der Waals surface area (Å²) in [6, 6.07) is 2.95. The fourth-order valence-corrected chi connectivity index (χ4v) is 3.01. The lowest BCUT2D eigenvalue weighted by Gasteiger charge is -2.33. The number of aromatic nitrogens is 1. The lowest BCUT2D eigenvalue weighted by molar-refractivity contribution is -0.143. The topological polar surface area (TPSA) is 70.5 Å². The minimum Gasteiger partial charge on any atom is -0.480 e. The molecule has 1 saturated carbocycles. The van der Waals surface area contributed by atoms with Crippen molar-refractivity contribution in [2.24, 2.45) is 0 Å². The summed E-state index contributed by atoms with van der Waals surface area (Å²) in [5, 5.41) is 9.33. The van der Waals surface area contributed by atoms with Crippen LogP contribution >= 0.6 is 0 Å². The fourth-order valence-electron chi connectivity index (χ4n) is 3.01. The third kappa shape index (κ3) is 2.77. The van der Waals surface area contributed by atoms with Gasteiger partial charge in [-0.25, -0.2) is 4.79 Å². The van der Waals surface area contributed by atoms with E-state index in [1.807, 2.05) is 19.1 Å². The van der Waals surface area contributed by atoms with Crippen LogP contribution in [0.1, 0.15) is 59.8 Å². The molecule has 1 amide bonds. The highest BCUT2D eigenvalue weighted by Crippen LogP contribution is 2.41. The van der Waals surface area contributed by atoms with Gasteiger partial charge in [-0.15, -0.1) is 0 Å². The van der Waals surface area contributed by atoms with E-state index in [9.17, 15) is 14.7 Å². The third-order valence-electron chi connectivity index (χ3n) is 4.31. The number of hydrogen-bond acceptors (Lipinski definition) is 3. The Bertz CT molecular complexity index is 581. The average molecular weight is 288 g/mol. The molecule has 1 saturated heterocycles. The van der Waals surface area contributed by atoms with E-state index in [-0.39, 0.29) is 5.91 Å². The number of carboxylic acids is 1. The van der Waals surface area contributed by atoms with Crippen LogP contribution in [0.2, 0.25) is 0 Å². The molecule has 1 N–H and O–H groups in total. The Hall–Kier alpha value is -1.91. The summed E-state index contributed by atoms with van der Waals surface area (Å²) in [7, 11) is 0. The third-order valence-corrected chi connectivity index (χ3v) is 4.31. The summed E-state index contributed by atoms with van der Waals surface area (Å²) in [6.07, 6.45) is 4.41. The zero-order chi connectivity index (χ0) is 15.0. The number of piperidine rings is 1. The molecule has 0 radical (unpaired) electrons. The number of likely N-dealkylation sites (tertiary alicyclic amines) is 1. The van der Waals surface area contributed by atoms with Crippen molar-refractivity contribution in [3.8, 4) is 0 Å². The largest absolute Gasteiger partial charge is 0.480 e. The van der Waals surface area contributed by atoms with Crippen molar-refractivity contribution in [1.82, 2.24) is 9.88 Å². The van der Waals surface area contributed by atoms with Crippen molar-refractivity contribution in [2.45, 2.75) is 51.0 Å². The van der Waals surface area contributed by atoms with E-state index in [1.165, 1.54) is 4.90 Å². The lowest BCUT2D eigenvalue weighted by Crippen LogP contribution is -2.48. The number of aryl methyl sites for hydroxylation is 1. The molecular weight excluding hydrogens is 268 g/mol. The minimum absolute atomic E-state index is 0.170. The smallest absolute Gasteiger partial charge is 0.326 e. The van der Waals surface area contributed by atoms with E-state index in [1.54, 1.807) is 0 Å². The van der Waals surface area contributed by atoms with E-state index < -0.39 is 12.0 Å². The molecule has 5 nitrogen and oxygen atoms in total. The maximum atomic E-state index is 12.8. The monoisotopic (exact) mass is 288 g/mol. The van der Waals surface area contributed by atoms with E-state index in [0.29, 0.717) is 24.4 Å². The highest BCUT2D eigenvalue weighted by Gasteiger charge is 2.36. The second-order valence-corrected chi connectivity index (χ2v) is 6.01. The SMILES string of the molecule is Cc1ccc(C(=O)N2CCCC[C@@H]2C(=O)O)c(C2CC2)n1. The van der Waals surface area contributed by atoms with Crippen molar-refractivity contribution >= 4 is 11.9 Å². The zero-order valence-corrected chi connectivity index (χ0v) is 12.2. The van der Waals surface area contributed by atoms with Gasteiger partial charge in [0, 0.05) is 18.2 Å². The van der Waals surface area contributed by atoms with Crippen LogP contribution in [0, 0.1) is 6.92 Å². The Morgan fingerprint density at radius 3 is 2.67 bits per heavy atom. The zero-order valence-electron chi connectivity index (χ0n) is 12.2. The number of pyridine rings is 1. The van der Waals surface area contributed by atoms with Crippen LogP contribution in [-0.4, -0.2) is 39.5 Å². The Morgan fingerprint density at radius 2 is 2.00 bits per heavy atom. The molecule has 2 fully saturated rings.